The Bertz CT molecular complexity index is 468. The highest BCUT2D eigenvalue weighted by molar-refractivity contribution is 6.04. The molecule has 0 bridgehead atoms. The second-order valence-electron chi connectivity index (χ2n) is 4.62. The predicted molar refractivity (Wildman–Crippen MR) is 74.1 cm³/mol. The van der Waals surface area contributed by atoms with Crippen LogP contribution in [0.25, 0.3) is 0 Å². The number of benzene rings is 1. The second kappa shape index (κ2) is 6.33. The Kier molecular flexibility index (Phi) is 4.52. The molecule has 0 aliphatic carbocycles. The molecule has 19 heavy (non-hydrogen) atoms. The van der Waals surface area contributed by atoms with Crippen LogP contribution >= 0.6 is 0 Å². The Morgan fingerprint density at radius 3 is 2.74 bits per heavy atom. The lowest BCUT2D eigenvalue weighted by molar-refractivity contribution is -0.118. The zero-order valence-electron chi connectivity index (χ0n) is 11.0. The summed E-state index contributed by atoms with van der Waals surface area (Å²) in [6.07, 6.45) is 3.01. The van der Waals surface area contributed by atoms with Crippen LogP contribution in [0.4, 0.5) is 5.69 Å². The number of rotatable bonds is 3. The summed E-state index contributed by atoms with van der Waals surface area (Å²) in [7, 11) is 1.57. The number of carbonyl (C=O) groups excluding carboxylic acids is 2. The van der Waals surface area contributed by atoms with Crippen LogP contribution in [0.1, 0.15) is 29.6 Å². The fraction of sp³-hybridized carbons (Fsp3) is 0.429. The highest BCUT2D eigenvalue weighted by Crippen LogP contribution is 2.16. The monoisotopic (exact) mass is 261 g/mol. The van der Waals surface area contributed by atoms with Crippen LogP contribution in [0.2, 0.25) is 0 Å². The summed E-state index contributed by atoms with van der Waals surface area (Å²) in [6, 6.07) is 6.86. The van der Waals surface area contributed by atoms with Crippen LogP contribution in [-0.2, 0) is 4.79 Å². The molecule has 1 aliphatic heterocycles. The van der Waals surface area contributed by atoms with E-state index in [1.54, 1.807) is 31.3 Å². The molecular weight excluding hydrogens is 242 g/mol. The van der Waals surface area contributed by atoms with Crippen molar-refractivity contribution in [1.82, 2.24) is 10.6 Å². The van der Waals surface area contributed by atoms with Crippen molar-refractivity contribution in [2.24, 2.45) is 0 Å². The van der Waals surface area contributed by atoms with Gasteiger partial charge < -0.3 is 16.0 Å². The van der Waals surface area contributed by atoms with Crippen LogP contribution < -0.4 is 16.0 Å². The number of para-hydroxylation sites is 1. The fourth-order valence-corrected chi connectivity index (χ4v) is 2.22. The topological polar surface area (TPSA) is 70.2 Å². The molecule has 1 fully saturated rings. The highest BCUT2D eigenvalue weighted by Gasteiger charge is 2.21. The third-order valence-electron chi connectivity index (χ3n) is 3.28. The molecule has 0 spiro atoms. The van der Waals surface area contributed by atoms with Crippen molar-refractivity contribution in [2.45, 2.75) is 25.3 Å². The molecule has 5 heteroatoms. The van der Waals surface area contributed by atoms with E-state index in [1.807, 2.05) is 0 Å². The van der Waals surface area contributed by atoms with Crippen molar-refractivity contribution in [3.05, 3.63) is 29.8 Å². The summed E-state index contributed by atoms with van der Waals surface area (Å²) >= 11 is 0. The van der Waals surface area contributed by atoms with Crippen LogP contribution in [0.15, 0.2) is 24.3 Å². The van der Waals surface area contributed by atoms with Crippen molar-refractivity contribution < 1.29 is 9.59 Å². The van der Waals surface area contributed by atoms with Gasteiger partial charge in [-0.25, -0.2) is 0 Å². The fourth-order valence-electron chi connectivity index (χ4n) is 2.22. The van der Waals surface area contributed by atoms with E-state index in [0.29, 0.717) is 11.3 Å². The molecule has 0 saturated carbocycles. The van der Waals surface area contributed by atoms with E-state index >= 15 is 0 Å². The first-order valence-electron chi connectivity index (χ1n) is 6.57. The van der Waals surface area contributed by atoms with Gasteiger partial charge in [-0.15, -0.1) is 0 Å². The Morgan fingerprint density at radius 2 is 2.05 bits per heavy atom. The molecule has 3 N–H and O–H groups in total. The first-order chi connectivity index (χ1) is 9.22. The lowest BCUT2D eigenvalue weighted by Crippen LogP contribution is -2.43. The Morgan fingerprint density at radius 1 is 1.26 bits per heavy atom. The van der Waals surface area contributed by atoms with Crippen LogP contribution in [0.5, 0.6) is 0 Å². The van der Waals surface area contributed by atoms with Gasteiger partial charge in [-0.3, -0.25) is 9.59 Å². The van der Waals surface area contributed by atoms with E-state index in [0.717, 1.165) is 25.8 Å². The first-order valence-corrected chi connectivity index (χ1v) is 6.57. The smallest absolute Gasteiger partial charge is 0.253 e. The summed E-state index contributed by atoms with van der Waals surface area (Å²) in [5.41, 5.74) is 1.04. The van der Waals surface area contributed by atoms with Crippen molar-refractivity contribution in [1.29, 1.82) is 0 Å². The van der Waals surface area contributed by atoms with Gasteiger partial charge in [0.15, 0.2) is 0 Å². The number of amides is 2. The van der Waals surface area contributed by atoms with Gasteiger partial charge >= 0.3 is 0 Å². The largest absolute Gasteiger partial charge is 0.355 e. The molecule has 1 aromatic rings. The zero-order chi connectivity index (χ0) is 13.7. The number of carbonyl (C=O) groups is 2. The van der Waals surface area contributed by atoms with Gasteiger partial charge in [0, 0.05) is 7.05 Å². The molecule has 0 radical (unpaired) electrons. The summed E-state index contributed by atoms with van der Waals surface area (Å²) in [6.45, 7) is 0.870. The van der Waals surface area contributed by atoms with E-state index in [1.165, 1.54) is 0 Å². The number of hydrogen-bond donors (Lipinski definition) is 3. The minimum atomic E-state index is -0.201. The van der Waals surface area contributed by atoms with E-state index < -0.39 is 0 Å². The average molecular weight is 261 g/mol. The summed E-state index contributed by atoms with van der Waals surface area (Å²) in [4.78, 5) is 23.8. The molecule has 0 aromatic heterocycles. The quantitative estimate of drug-likeness (QED) is 0.764. The maximum atomic E-state index is 12.1. The highest BCUT2D eigenvalue weighted by atomic mass is 16.2. The second-order valence-corrected chi connectivity index (χ2v) is 4.62. The zero-order valence-corrected chi connectivity index (χ0v) is 11.0. The third kappa shape index (κ3) is 3.32. The predicted octanol–water partition coefficient (Wildman–Crippen LogP) is 1.13. The van der Waals surface area contributed by atoms with Gasteiger partial charge in [0.05, 0.1) is 17.3 Å². The van der Waals surface area contributed by atoms with Crippen molar-refractivity contribution in [3.63, 3.8) is 0 Å². The molecule has 1 atom stereocenters. The van der Waals surface area contributed by atoms with Crippen molar-refractivity contribution in [2.75, 3.05) is 18.9 Å². The molecule has 2 rings (SSSR count). The SMILES string of the molecule is CNC(=O)c1ccccc1NC(=O)C1CCCCN1. The van der Waals surface area contributed by atoms with E-state index in [9.17, 15) is 9.59 Å². The summed E-state index contributed by atoms with van der Waals surface area (Å²) < 4.78 is 0. The van der Waals surface area contributed by atoms with E-state index in [2.05, 4.69) is 16.0 Å². The van der Waals surface area contributed by atoms with Crippen molar-refractivity contribution in [3.8, 4) is 0 Å². The Balaban J connectivity index is 2.09. The molecule has 102 valence electrons. The minimum Gasteiger partial charge on any atom is -0.355 e. The number of anilines is 1. The molecule has 1 unspecified atom stereocenters. The minimum absolute atomic E-state index is 0.0731. The maximum Gasteiger partial charge on any atom is 0.253 e. The Labute approximate surface area is 112 Å². The Hall–Kier alpha value is -1.88. The van der Waals surface area contributed by atoms with Crippen LogP contribution in [-0.4, -0.2) is 31.4 Å². The number of piperidine rings is 1. The molecule has 1 aliphatic rings. The average Bonchev–Trinajstić information content (AvgIpc) is 2.48. The van der Waals surface area contributed by atoms with Gasteiger partial charge in [0.1, 0.15) is 0 Å². The lowest BCUT2D eigenvalue weighted by atomic mass is 10.0. The van der Waals surface area contributed by atoms with Crippen molar-refractivity contribution >= 4 is 17.5 Å². The first kappa shape index (κ1) is 13.5. The standard InChI is InChI=1S/C14H19N3O2/c1-15-13(18)10-6-2-3-7-11(10)17-14(19)12-8-4-5-9-16-12/h2-3,6-7,12,16H,4-5,8-9H2,1H3,(H,15,18)(H,17,19). The third-order valence-corrected chi connectivity index (χ3v) is 3.28. The summed E-state index contributed by atoms with van der Waals surface area (Å²) in [5, 5.41) is 8.59. The van der Waals surface area contributed by atoms with Crippen LogP contribution in [0.3, 0.4) is 0 Å². The number of hydrogen-bond acceptors (Lipinski definition) is 3. The van der Waals surface area contributed by atoms with E-state index in [4.69, 9.17) is 0 Å². The van der Waals surface area contributed by atoms with E-state index in [-0.39, 0.29) is 17.9 Å². The van der Waals surface area contributed by atoms with Gasteiger partial charge in [0.2, 0.25) is 5.91 Å². The van der Waals surface area contributed by atoms with Gasteiger partial charge in [-0.1, -0.05) is 18.6 Å². The molecule has 2 amide bonds. The van der Waals surface area contributed by atoms with Gasteiger partial charge in [0.25, 0.3) is 5.91 Å². The molecule has 1 heterocycles. The summed E-state index contributed by atoms with van der Waals surface area (Å²) in [5.74, 6) is -0.274. The molecule has 5 nitrogen and oxygen atoms in total. The van der Waals surface area contributed by atoms with Gasteiger partial charge in [-0.05, 0) is 31.5 Å². The van der Waals surface area contributed by atoms with Crippen LogP contribution in [0, 0.1) is 0 Å². The number of nitrogens with one attached hydrogen (secondary N) is 3. The maximum absolute atomic E-state index is 12.1. The van der Waals surface area contributed by atoms with Gasteiger partial charge in [-0.2, -0.15) is 0 Å². The molecular formula is C14H19N3O2. The normalized spacial score (nSPS) is 18.7. The molecule has 1 saturated heterocycles. The molecule has 1 aromatic carbocycles. The lowest BCUT2D eigenvalue weighted by Gasteiger charge is -2.23.